The molecule has 1 spiro atoms. The molecule has 4 nitrogen and oxygen atoms in total. The van der Waals surface area contributed by atoms with Gasteiger partial charge in [-0.25, -0.2) is 0 Å². The van der Waals surface area contributed by atoms with Crippen molar-refractivity contribution in [1.29, 1.82) is 5.26 Å². The van der Waals surface area contributed by atoms with E-state index in [1.54, 1.807) is 0 Å². The molecule has 1 unspecified atom stereocenters. The summed E-state index contributed by atoms with van der Waals surface area (Å²) in [6.45, 7) is 2.16. The first-order chi connectivity index (χ1) is 10.7. The number of rotatable bonds is 1. The van der Waals surface area contributed by atoms with E-state index in [4.69, 9.17) is 16.3 Å². The Morgan fingerprint density at radius 3 is 3.14 bits per heavy atom. The van der Waals surface area contributed by atoms with Gasteiger partial charge >= 0.3 is 0 Å². The summed E-state index contributed by atoms with van der Waals surface area (Å²) in [5.41, 5.74) is 2.87. The van der Waals surface area contributed by atoms with Crippen molar-refractivity contribution < 1.29 is 4.74 Å². The quantitative estimate of drug-likeness (QED) is 0.804. The third-order valence-corrected chi connectivity index (χ3v) is 5.81. The van der Waals surface area contributed by atoms with Crippen LogP contribution in [-0.2, 0) is 16.8 Å². The lowest BCUT2D eigenvalue weighted by atomic mass is 9.93. The summed E-state index contributed by atoms with van der Waals surface area (Å²) in [7, 11) is 0. The van der Waals surface area contributed by atoms with Crippen LogP contribution in [0.1, 0.15) is 23.1 Å². The highest BCUT2D eigenvalue weighted by atomic mass is 35.5. The molecule has 2 heterocycles. The Morgan fingerprint density at radius 1 is 1.41 bits per heavy atom. The zero-order chi connectivity index (χ0) is 15.2. The zero-order valence-corrected chi connectivity index (χ0v) is 13.5. The van der Waals surface area contributed by atoms with Crippen LogP contribution < -0.4 is 4.90 Å². The number of anilines is 1. The van der Waals surface area contributed by atoms with E-state index >= 15 is 0 Å². The molecule has 2 aromatic rings. The molecule has 1 aromatic carbocycles. The van der Waals surface area contributed by atoms with Crippen molar-refractivity contribution in [3.8, 4) is 6.07 Å². The van der Waals surface area contributed by atoms with E-state index in [0.29, 0.717) is 17.3 Å². The number of hydrogen-bond donors (Lipinski definition) is 0. The van der Waals surface area contributed by atoms with Crippen molar-refractivity contribution in [1.82, 2.24) is 4.37 Å². The second kappa shape index (κ2) is 5.24. The van der Waals surface area contributed by atoms with Crippen LogP contribution in [0.15, 0.2) is 24.3 Å². The second-order valence-corrected chi connectivity index (χ2v) is 6.80. The summed E-state index contributed by atoms with van der Waals surface area (Å²) in [6.07, 6.45) is 2.02. The fourth-order valence-corrected chi connectivity index (χ4v) is 4.55. The highest BCUT2D eigenvalue weighted by molar-refractivity contribution is 7.10. The van der Waals surface area contributed by atoms with Crippen LogP contribution in [0.25, 0.3) is 0 Å². The third-order valence-electron chi connectivity index (χ3n) is 4.52. The number of hydrogen-bond acceptors (Lipinski definition) is 5. The van der Waals surface area contributed by atoms with Gasteiger partial charge < -0.3 is 9.64 Å². The Balaban J connectivity index is 1.71. The minimum atomic E-state index is -0.266. The van der Waals surface area contributed by atoms with Gasteiger partial charge in [-0.3, -0.25) is 0 Å². The highest BCUT2D eigenvalue weighted by Crippen LogP contribution is 2.44. The lowest BCUT2D eigenvalue weighted by molar-refractivity contribution is -0.0590. The largest absolute Gasteiger partial charge is 0.367 e. The van der Waals surface area contributed by atoms with Crippen LogP contribution in [0.5, 0.6) is 0 Å². The number of aryl methyl sites for hydroxylation is 1. The van der Waals surface area contributed by atoms with Crippen molar-refractivity contribution in [3.63, 3.8) is 0 Å². The van der Waals surface area contributed by atoms with Gasteiger partial charge in [0.1, 0.15) is 22.2 Å². The van der Waals surface area contributed by atoms with E-state index in [1.165, 1.54) is 22.7 Å². The monoisotopic (exact) mass is 331 g/mol. The number of nitriles is 1. The van der Waals surface area contributed by atoms with Gasteiger partial charge in [-0.05, 0) is 35.5 Å². The predicted molar refractivity (Wildman–Crippen MR) is 86.4 cm³/mol. The molecule has 1 aliphatic carbocycles. The SMILES string of the molecule is N#Cc1c(Cl)nsc1N1CCOC2(CCc3ccccc32)C1. The smallest absolute Gasteiger partial charge is 0.162 e. The molecule has 1 saturated heterocycles. The van der Waals surface area contributed by atoms with Crippen LogP contribution in [0, 0.1) is 11.3 Å². The number of fused-ring (bicyclic) bond motifs is 2. The molecule has 0 radical (unpaired) electrons. The molecule has 1 fully saturated rings. The molecule has 0 bridgehead atoms. The molecular formula is C16H14ClN3OS. The van der Waals surface area contributed by atoms with Crippen LogP contribution in [-0.4, -0.2) is 24.1 Å². The summed E-state index contributed by atoms with van der Waals surface area (Å²) >= 11 is 7.31. The molecule has 1 aliphatic heterocycles. The van der Waals surface area contributed by atoms with E-state index < -0.39 is 0 Å². The van der Waals surface area contributed by atoms with E-state index in [9.17, 15) is 5.26 Å². The topological polar surface area (TPSA) is 49.2 Å². The van der Waals surface area contributed by atoms with Gasteiger partial charge in [-0.1, -0.05) is 35.9 Å². The van der Waals surface area contributed by atoms with Crippen molar-refractivity contribution >= 4 is 28.1 Å². The molecule has 0 saturated carbocycles. The summed E-state index contributed by atoms with van der Waals surface area (Å²) in [5.74, 6) is 0. The number of benzene rings is 1. The molecule has 4 rings (SSSR count). The van der Waals surface area contributed by atoms with E-state index in [-0.39, 0.29) is 5.60 Å². The Kier molecular flexibility index (Phi) is 3.33. The molecule has 1 atom stereocenters. The molecule has 112 valence electrons. The third kappa shape index (κ3) is 2.03. The first-order valence-electron chi connectivity index (χ1n) is 7.26. The highest BCUT2D eigenvalue weighted by Gasteiger charge is 2.44. The van der Waals surface area contributed by atoms with E-state index in [2.05, 4.69) is 39.6 Å². The minimum Gasteiger partial charge on any atom is -0.367 e. The molecule has 0 amide bonds. The predicted octanol–water partition coefficient (Wildman–Crippen LogP) is 3.35. The lowest BCUT2D eigenvalue weighted by Crippen LogP contribution is -2.48. The van der Waals surface area contributed by atoms with Gasteiger partial charge in [0.25, 0.3) is 0 Å². The van der Waals surface area contributed by atoms with Gasteiger partial charge in [0.05, 0.1) is 13.2 Å². The van der Waals surface area contributed by atoms with Gasteiger partial charge in [0.15, 0.2) is 5.15 Å². The van der Waals surface area contributed by atoms with Crippen molar-refractivity contribution in [2.24, 2.45) is 0 Å². The molecule has 2 aliphatic rings. The fraction of sp³-hybridized carbons (Fsp3) is 0.375. The second-order valence-electron chi connectivity index (χ2n) is 5.69. The van der Waals surface area contributed by atoms with E-state index in [0.717, 1.165) is 30.9 Å². The number of morpholine rings is 1. The van der Waals surface area contributed by atoms with Crippen LogP contribution in [0.3, 0.4) is 0 Å². The first-order valence-corrected chi connectivity index (χ1v) is 8.41. The van der Waals surface area contributed by atoms with Crippen molar-refractivity contribution in [3.05, 3.63) is 46.1 Å². The van der Waals surface area contributed by atoms with Gasteiger partial charge in [0.2, 0.25) is 0 Å². The van der Waals surface area contributed by atoms with Gasteiger partial charge in [-0.2, -0.15) is 9.64 Å². The maximum atomic E-state index is 9.31. The average molecular weight is 332 g/mol. The van der Waals surface area contributed by atoms with Crippen molar-refractivity contribution in [2.75, 3.05) is 24.6 Å². The Labute approximate surface area is 138 Å². The van der Waals surface area contributed by atoms with Crippen molar-refractivity contribution in [2.45, 2.75) is 18.4 Å². The van der Waals surface area contributed by atoms with Crippen LogP contribution >= 0.6 is 23.1 Å². The first kappa shape index (κ1) is 14.0. The summed E-state index contributed by atoms with van der Waals surface area (Å²) in [6, 6.07) is 10.7. The average Bonchev–Trinajstić information content (AvgIpc) is 3.09. The molecule has 22 heavy (non-hydrogen) atoms. The minimum absolute atomic E-state index is 0.266. The Morgan fingerprint density at radius 2 is 2.27 bits per heavy atom. The zero-order valence-electron chi connectivity index (χ0n) is 11.9. The molecule has 0 N–H and O–H groups in total. The van der Waals surface area contributed by atoms with Crippen LogP contribution in [0.2, 0.25) is 5.15 Å². The number of halogens is 1. The molecule has 6 heteroatoms. The standard InChI is InChI=1S/C16H14ClN3OS/c17-14-12(9-18)15(22-19-14)20-7-8-21-16(10-20)6-5-11-3-1-2-4-13(11)16/h1-4H,5-8,10H2. The van der Waals surface area contributed by atoms with E-state index in [1.807, 2.05) is 0 Å². The number of ether oxygens (including phenoxy) is 1. The number of aromatic nitrogens is 1. The maximum absolute atomic E-state index is 9.31. The number of nitrogens with zero attached hydrogens (tertiary/aromatic N) is 3. The summed E-state index contributed by atoms with van der Waals surface area (Å²) in [5, 5.41) is 10.5. The maximum Gasteiger partial charge on any atom is 0.162 e. The summed E-state index contributed by atoms with van der Waals surface area (Å²) < 4.78 is 10.3. The lowest BCUT2D eigenvalue weighted by Gasteiger charge is -2.41. The molecule has 1 aromatic heterocycles. The fourth-order valence-electron chi connectivity index (χ4n) is 3.50. The van der Waals surface area contributed by atoms with Gasteiger partial charge in [-0.15, -0.1) is 0 Å². The molecular weight excluding hydrogens is 318 g/mol. The normalized spacial score (nSPS) is 23.5. The van der Waals surface area contributed by atoms with Gasteiger partial charge in [0, 0.05) is 6.54 Å². The van der Waals surface area contributed by atoms with Crippen LogP contribution in [0.4, 0.5) is 5.00 Å². The summed E-state index contributed by atoms with van der Waals surface area (Å²) in [4.78, 5) is 2.20. The Hall–Kier alpha value is -1.61. The Bertz CT molecular complexity index is 765.